The molecule has 0 spiro atoms. The first-order valence-electron chi connectivity index (χ1n) is 10.2. The predicted molar refractivity (Wildman–Crippen MR) is 116 cm³/mol. The van der Waals surface area contributed by atoms with E-state index in [1.54, 1.807) is 6.20 Å². The summed E-state index contributed by atoms with van der Waals surface area (Å²) in [7, 11) is 1.92. The quantitative estimate of drug-likeness (QED) is 0.669. The molecule has 0 saturated carbocycles. The molecule has 1 fully saturated rings. The maximum absolute atomic E-state index is 13.0. The van der Waals surface area contributed by atoms with Gasteiger partial charge in [-0.25, -0.2) is 0 Å². The lowest BCUT2D eigenvalue weighted by Crippen LogP contribution is -2.34. The number of carbonyl (C=O) groups is 1. The Morgan fingerprint density at radius 2 is 1.72 bits per heavy atom. The first-order chi connectivity index (χ1) is 14.2. The number of likely N-dealkylation sites (N-methyl/N-ethyl adjacent to an activating group) is 1. The summed E-state index contributed by atoms with van der Waals surface area (Å²) < 4.78 is 0. The summed E-state index contributed by atoms with van der Waals surface area (Å²) in [6.45, 7) is 3.25. The second-order valence-electron chi connectivity index (χ2n) is 7.82. The predicted octanol–water partition coefficient (Wildman–Crippen LogP) is 3.88. The van der Waals surface area contributed by atoms with Crippen molar-refractivity contribution in [2.75, 3.05) is 26.7 Å². The van der Waals surface area contributed by atoms with Crippen molar-refractivity contribution in [3.63, 3.8) is 0 Å². The molecule has 0 aliphatic carbocycles. The van der Waals surface area contributed by atoms with Gasteiger partial charge in [0.25, 0.3) is 0 Å². The van der Waals surface area contributed by atoms with E-state index in [1.165, 1.54) is 22.3 Å². The van der Waals surface area contributed by atoms with Crippen molar-refractivity contribution in [3.8, 4) is 11.1 Å². The van der Waals surface area contributed by atoms with E-state index >= 15 is 0 Å². The van der Waals surface area contributed by atoms with Crippen LogP contribution in [0.2, 0.25) is 0 Å². The van der Waals surface area contributed by atoms with Crippen LogP contribution in [0, 0.1) is 5.92 Å². The minimum Gasteiger partial charge on any atom is -0.344 e. The van der Waals surface area contributed by atoms with Gasteiger partial charge in [-0.2, -0.15) is 0 Å². The molecule has 1 aromatic heterocycles. The van der Waals surface area contributed by atoms with Gasteiger partial charge in [0.2, 0.25) is 5.91 Å². The van der Waals surface area contributed by atoms with Crippen LogP contribution in [0.3, 0.4) is 0 Å². The lowest BCUT2D eigenvalue weighted by molar-refractivity contribution is -0.133. The van der Waals surface area contributed by atoms with Gasteiger partial charge in [0, 0.05) is 45.6 Å². The summed E-state index contributed by atoms with van der Waals surface area (Å²) >= 11 is 0. The van der Waals surface area contributed by atoms with Crippen molar-refractivity contribution in [2.24, 2.45) is 5.92 Å². The molecule has 4 heteroatoms. The molecule has 1 amide bonds. The highest BCUT2D eigenvalue weighted by Crippen LogP contribution is 2.23. The van der Waals surface area contributed by atoms with E-state index in [9.17, 15) is 4.79 Å². The number of benzene rings is 2. The van der Waals surface area contributed by atoms with Crippen LogP contribution >= 0.6 is 0 Å². The topological polar surface area (TPSA) is 36.4 Å². The monoisotopic (exact) mass is 385 g/mol. The number of hydrogen-bond donors (Lipinski definition) is 0. The lowest BCUT2D eigenvalue weighted by atomic mass is 9.95. The van der Waals surface area contributed by atoms with Gasteiger partial charge in [0.05, 0.1) is 5.92 Å². The Hall–Kier alpha value is -2.98. The molecule has 1 unspecified atom stereocenters. The lowest BCUT2D eigenvalue weighted by Gasteiger charge is -2.23. The molecule has 0 bridgehead atoms. The van der Waals surface area contributed by atoms with Crippen LogP contribution in [-0.4, -0.2) is 47.4 Å². The number of hydrogen-bond acceptors (Lipinski definition) is 3. The van der Waals surface area contributed by atoms with Gasteiger partial charge in [-0.05, 0) is 34.7 Å². The number of pyridine rings is 1. The van der Waals surface area contributed by atoms with Crippen LogP contribution in [0.25, 0.3) is 11.1 Å². The summed E-state index contributed by atoms with van der Waals surface area (Å²) in [5.41, 5.74) is 4.80. The smallest absolute Gasteiger partial charge is 0.227 e. The maximum atomic E-state index is 13.0. The highest BCUT2D eigenvalue weighted by molar-refractivity contribution is 5.79. The molecule has 2 aromatic carbocycles. The minimum absolute atomic E-state index is 0.0369. The van der Waals surface area contributed by atoms with Crippen molar-refractivity contribution in [3.05, 3.63) is 90.3 Å². The molecule has 0 radical (unpaired) electrons. The summed E-state index contributed by atoms with van der Waals surface area (Å²) in [5.74, 6) is 0.203. The molecule has 29 heavy (non-hydrogen) atoms. The zero-order valence-corrected chi connectivity index (χ0v) is 16.9. The number of nitrogens with zero attached hydrogens (tertiary/aromatic N) is 3. The summed E-state index contributed by atoms with van der Waals surface area (Å²) in [6.07, 6.45) is 4.47. The van der Waals surface area contributed by atoms with Crippen LogP contribution in [0.5, 0.6) is 0 Å². The first kappa shape index (κ1) is 19.3. The molecule has 148 valence electrons. The number of rotatable bonds is 5. The van der Waals surface area contributed by atoms with Gasteiger partial charge in [0.15, 0.2) is 0 Å². The summed E-state index contributed by atoms with van der Waals surface area (Å²) in [5, 5.41) is 0. The fourth-order valence-electron chi connectivity index (χ4n) is 4.03. The third kappa shape index (κ3) is 4.90. The average Bonchev–Trinajstić information content (AvgIpc) is 2.89. The Morgan fingerprint density at radius 3 is 2.52 bits per heavy atom. The Morgan fingerprint density at radius 1 is 0.931 bits per heavy atom. The van der Waals surface area contributed by atoms with Gasteiger partial charge in [-0.15, -0.1) is 0 Å². The fraction of sp³-hybridized carbons (Fsp3) is 0.280. The van der Waals surface area contributed by atoms with Crippen molar-refractivity contribution in [2.45, 2.75) is 13.0 Å². The zero-order valence-electron chi connectivity index (χ0n) is 16.9. The molecular formula is C25H27N3O. The van der Waals surface area contributed by atoms with Crippen LogP contribution in [0.4, 0.5) is 0 Å². The Kier molecular flexibility index (Phi) is 6.01. The fourth-order valence-corrected chi connectivity index (χ4v) is 4.03. The third-order valence-corrected chi connectivity index (χ3v) is 5.60. The molecule has 1 aliphatic heterocycles. The highest BCUT2D eigenvalue weighted by atomic mass is 16.2. The number of aromatic nitrogens is 1. The number of amides is 1. The molecule has 1 atom stereocenters. The van der Waals surface area contributed by atoms with Gasteiger partial charge in [-0.3, -0.25) is 14.7 Å². The van der Waals surface area contributed by atoms with Crippen molar-refractivity contribution >= 4 is 5.91 Å². The number of carbonyl (C=O) groups excluding carboxylic acids is 1. The molecule has 4 nitrogen and oxygen atoms in total. The average molecular weight is 386 g/mol. The van der Waals surface area contributed by atoms with Gasteiger partial charge in [0.1, 0.15) is 0 Å². The molecular weight excluding hydrogens is 358 g/mol. The second-order valence-corrected chi connectivity index (χ2v) is 7.82. The molecule has 3 aromatic rings. The highest BCUT2D eigenvalue weighted by Gasteiger charge is 2.28. The molecule has 2 heterocycles. The Labute approximate surface area is 172 Å². The van der Waals surface area contributed by atoms with E-state index in [2.05, 4.69) is 64.5 Å². The molecule has 4 rings (SSSR count). The Balaban J connectivity index is 1.52. The standard InChI is InChI=1S/C25H27N3O/c1-27-13-14-28(18-21-8-6-12-26-17-21)19-24(25(27)29)16-20-7-5-11-23(15-20)22-9-3-2-4-10-22/h2-12,15,17,24H,13-14,16,18-19H2,1H3. The van der Waals surface area contributed by atoms with E-state index < -0.39 is 0 Å². The van der Waals surface area contributed by atoms with Crippen LogP contribution in [-0.2, 0) is 17.8 Å². The van der Waals surface area contributed by atoms with Crippen LogP contribution in [0.15, 0.2) is 79.1 Å². The second kappa shape index (κ2) is 9.01. The van der Waals surface area contributed by atoms with Crippen molar-refractivity contribution in [1.82, 2.24) is 14.8 Å². The van der Waals surface area contributed by atoms with Gasteiger partial charge < -0.3 is 4.90 Å². The minimum atomic E-state index is -0.0369. The largest absolute Gasteiger partial charge is 0.344 e. The van der Waals surface area contributed by atoms with E-state index in [1.807, 2.05) is 30.3 Å². The van der Waals surface area contributed by atoms with Crippen LogP contribution in [0.1, 0.15) is 11.1 Å². The first-order valence-corrected chi connectivity index (χ1v) is 10.2. The van der Waals surface area contributed by atoms with Crippen LogP contribution < -0.4 is 0 Å². The Bertz CT molecular complexity index is 943. The van der Waals surface area contributed by atoms with E-state index in [0.717, 1.165) is 32.6 Å². The summed E-state index contributed by atoms with van der Waals surface area (Å²) in [6, 6.07) is 23.0. The SMILES string of the molecule is CN1CCN(Cc2cccnc2)CC(Cc2cccc(-c3ccccc3)c2)C1=O. The van der Waals surface area contributed by atoms with E-state index in [0.29, 0.717) is 0 Å². The van der Waals surface area contributed by atoms with Crippen molar-refractivity contribution in [1.29, 1.82) is 0 Å². The zero-order chi connectivity index (χ0) is 20.1. The summed E-state index contributed by atoms with van der Waals surface area (Å²) in [4.78, 5) is 21.5. The van der Waals surface area contributed by atoms with Gasteiger partial charge >= 0.3 is 0 Å². The third-order valence-electron chi connectivity index (χ3n) is 5.60. The molecule has 1 aliphatic rings. The van der Waals surface area contributed by atoms with E-state index in [4.69, 9.17) is 0 Å². The molecule has 0 N–H and O–H groups in total. The molecule has 1 saturated heterocycles. The van der Waals surface area contributed by atoms with Gasteiger partial charge in [-0.1, -0.05) is 60.7 Å². The maximum Gasteiger partial charge on any atom is 0.227 e. The normalized spacial score (nSPS) is 17.9. The van der Waals surface area contributed by atoms with Crippen molar-refractivity contribution < 1.29 is 4.79 Å². The van der Waals surface area contributed by atoms with E-state index in [-0.39, 0.29) is 11.8 Å².